The van der Waals surface area contributed by atoms with Crippen molar-refractivity contribution in [2.24, 2.45) is 0 Å². The highest BCUT2D eigenvalue weighted by molar-refractivity contribution is 5.65. The van der Waals surface area contributed by atoms with Crippen LogP contribution < -0.4 is 0 Å². The Morgan fingerprint density at radius 1 is 0.875 bits per heavy atom. The summed E-state index contributed by atoms with van der Waals surface area (Å²) in [5.41, 5.74) is 4.08. The fourth-order valence-electron chi connectivity index (χ4n) is 3.49. The normalized spacial score (nSPS) is 12.3. The number of unbranched alkanes of at least 4 members (excludes halogenated alkanes) is 3. The molecule has 168 valence electrons. The molecule has 2 aromatic carbocycles. The van der Waals surface area contributed by atoms with E-state index < -0.39 is 0 Å². The van der Waals surface area contributed by atoms with Gasteiger partial charge in [0, 0.05) is 30.1 Å². The standard InChI is InChI=1S/C28H34N2O2/c1-3-4-8-19-32-22(2)9-6-5-7-10-23-11-13-25(14-12-23)28-29-20-26(21-30-28)24-15-17-27(31)18-16-24/h7,10-18,20-22,31H,3-6,8-9,19H2,1-2H3. The van der Waals surface area contributed by atoms with Crippen molar-refractivity contribution in [3.8, 4) is 28.3 Å². The van der Waals surface area contributed by atoms with E-state index in [4.69, 9.17) is 4.74 Å². The number of phenols is 1. The molecule has 0 saturated carbocycles. The molecule has 0 fully saturated rings. The van der Waals surface area contributed by atoms with Crippen molar-refractivity contribution >= 4 is 6.08 Å². The quantitative estimate of drug-likeness (QED) is 0.306. The third-order valence-electron chi connectivity index (χ3n) is 5.46. The lowest BCUT2D eigenvalue weighted by Gasteiger charge is -2.11. The molecule has 32 heavy (non-hydrogen) atoms. The van der Waals surface area contributed by atoms with Crippen molar-refractivity contribution in [3.63, 3.8) is 0 Å². The van der Waals surface area contributed by atoms with E-state index in [-0.39, 0.29) is 5.75 Å². The minimum absolute atomic E-state index is 0.252. The van der Waals surface area contributed by atoms with Crippen molar-refractivity contribution in [1.29, 1.82) is 0 Å². The summed E-state index contributed by atoms with van der Waals surface area (Å²) in [5, 5.41) is 9.42. The number of allylic oxidation sites excluding steroid dienone is 1. The highest BCUT2D eigenvalue weighted by Gasteiger charge is 2.04. The van der Waals surface area contributed by atoms with Gasteiger partial charge in [0.25, 0.3) is 0 Å². The van der Waals surface area contributed by atoms with Gasteiger partial charge in [-0.05, 0) is 55.9 Å². The lowest BCUT2D eigenvalue weighted by atomic mass is 10.1. The van der Waals surface area contributed by atoms with Crippen LogP contribution in [0, 0.1) is 0 Å². The van der Waals surface area contributed by atoms with Crippen LogP contribution in [0.3, 0.4) is 0 Å². The van der Waals surface area contributed by atoms with Gasteiger partial charge >= 0.3 is 0 Å². The third kappa shape index (κ3) is 7.61. The van der Waals surface area contributed by atoms with Crippen LogP contribution in [-0.4, -0.2) is 27.8 Å². The molecule has 0 bridgehead atoms. The number of rotatable bonds is 12. The first kappa shape index (κ1) is 23.7. The molecule has 1 heterocycles. The Kier molecular flexibility index (Phi) is 9.45. The first-order valence-electron chi connectivity index (χ1n) is 11.7. The Balaban J connectivity index is 1.45. The summed E-state index contributed by atoms with van der Waals surface area (Å²) >= 11 is 0. The maximum atomic E-state index is 9.42. The summed E-state index contributed by atoms with van der Waals surface area (Å²) in [6.45, 7) is 5.28. The van der Waals surface area contributed by atoms with Crippen LogP contribution in [0.15, 0.2) is 67.0 Å². The highest BCUT2D eigenvalue weighted by atomic mass is 16.5. The molecule has 0 radical (unpaired) electrons. The molecular weight excluding hydrogens is 396 g/mol. The summed E-state index contributed by atoms with van der Waals surface area (Å²) in [6.07, 6.45) is 15.4. The topological polar surface area (TPSA) is 55.2 Å². The number of hydrogen-bond acceptors (Lipinski definition) is 4. The van der Waals surface area contributed by atoms with Crippen molar-refractivity contribution < 1.29 is 9.84 Å². The Bertz CT molecular complexity index is 948. The first-order valence-corrected chi connectivity index (χ1v) is 11.7. The van der Waals surface area contributed by atoms with Crippen molar-refractivity contribution in [2.45, 2.75) is 58.5 Å². The number of nitrogens with zero attached hydrogens (tertiary/aromatic N) is 2. The van der Waals surface area contributed by atoms with Gasteiger partial charge < -0.3 is 9.84 Å². The third-order valence-corrected chi connectivity index (χ3v) is 5.46. The van der Waals surface area contributed by atoms with Crippen LogP contribution in [0.1, 0.15) is 57.9 Å². The van der Waals surface area contributed by atoms with E-state index in [1.807, 2.05) is 24.5 Å². The van der Waals surface area contributed by atoms with Gasteiger partial charge in [-0.15, -0.1) is 0 Å². The number of aromatic hydroxyl groups is 1. The van der Waals surface area contributed by atoms with Gasteiger partial charge in [0.15, 0.2) is 5.82 Å². The summed E-state index contributed by atoms with van der Waals surface area (Å²) in [4.78, 5) is 9.02. The van der Waals surface area contributed by atoms with E-state index in [1.165, 1.54) is 24.8 Å². The monoisotopic (exact) mass is 430 g/mol. The van der Waals surface area contributed by atoms with Crippen molar-refractivity contribution in [1.82, 2.24) is 9.97 Å². The fraction of sp³-hybridized carbons (Fsp3) is 0.357. The van der Waals surface area contributed by atoms with E-state index in [0.29, 0.717) is 11.9 Å². The summed E-state index contributed by atoms with van der Waals surface area (Å²) in [5.74, 6) is 0.956. The van der Waals surface area contributed by atoms with Gasteiger partial charge in [0.05, 0.1) is 6.10 Å². The van der Waals surface area contributed by atoms with Crippen LogP contribution in [-0.2, 0) is 4.74 Å². The SMILES string of the molecule is CCCCCOC(C)CCCC=Cc1ccc(-c2ncc(-c3ccc(O)cc3)cn2)cc1. The Labute approximate surface area is 192 Å². The molecule has 1 N–H and O–H groups in total. The minimum atomic E-state index is 0.252. The summed E-state index contributed by atoms with van der Waals surface area (Å²) in [7, 11) is 0. The van der Waals surface area contributed by atoms with E-state index in [2.05, 4.69) is 60.2 Å². The molecule has 1 aromatic heterocycles. The fourth-order valence-corrected chi connectivity index (χ4v) is 3.49. The number of ether oxygens (including phenoxy) is 1. The zero-order valence-corrected chi connectivity index (χ0v) is 19.2. The molecule has 3 aromatic rings. The summed E-state index contributed by atoms with van der Waals surface area (Å²) < 4.78 is 5.86. The molecule has 0 saturated heterocycles. The molecule has 0 spiro atoms. The smallest absolute Gasteiger partial charge is 0.159 e. The minimum Gasteiger partial charge on any atom is -0.508 e. The molecular formula is C28H34N2O2. The van der Waals surface area contributed by atoms with Gasteiger partial charge in [-0.2, -0.15) is 0 Å². The molecule has 1 unspecified atom stereocenters. The van der Waals surface area contributed by atoms with E-state index in [0.717, 1.165) is 42.6 Å². The first-order chi connectivity index (χ1) is 15.7. The number of hydrogen-bond donors (Lipinski definition) is 1. The van der Waals surface area contributed by atoms with Crippen LogP contribution in [0.4, 0.5) is 0 Å². The van der Waals surface area contributed by atoms with Gasteiger partial charge in [0.1, 0.15) is 5.75 Å². The van der Waals surface area contributed by atoms with E-state index >= 15 is 0 Å². The molecule has 0 amide bonds. The van der Waals surface area contributed by atoms with Crippen LogP contribution in [0.25, 0.3) is 28.6 Å². The molecule has 3 rings (SSSR count). The van der Waals surface area contributed by atoms with E-state index in [9.17, 15) is 5.11 Å². The molecule has 0 aliphatic carbocycles. The van der Waals surface area contributed by atoms with Crippen LogP contribution >= 0.6 is 0 Å². The van der Waals surface area contributed by atoms with Crippen molar-refractivity contribution in [3.05, 3.63) is 72.6 Å². The largest absolute Gasteiger partial charge is 0.508 e. The lowest BCUT2D eigenvalue weighted by molar-refractivity contribution is 0.0566. The predicted molar refractivity (Wildman–Crippen MR) is 132 cm³/mol. The Morgan fingerprint density at radius 3 is 2.25 bits per heavy atom. The molecule has 0 aliphatic heterocycles. The maximum absolute atomic E-state index is 9.42. The van der Waals surface area contributed by atoms with Gasteiger partial charge in [-0.3, -0.25) is 0 Å². The second kappa shape index (κ2) is 12.8. The maximum Gasteiger partial charge on any atom is 0.159 e. The lowest BCUT2D eigenvalue weighted by Crippen LogP contribution is -2.08. The second-order valence-electron chi connectivity index (χ2n) is 8.19. The molecule has 0 aliphatic rings. The van der Waals surface area contributed by atoms with Gasteiger partial charge in [-0.25, -0.2) is 9.97 Å². The van der Waals surface area contributed by atoms with E-state index in [1.54, 1.807) is 12.1 Å². The van der Waals surface area contributed by atoms with Crippen molar-refractivity contribution in [2.75, 3.05) is 6.61 Å². The molecule has 4 nitrogen and oxygen atoms in total. The number of aromatic nitrogens is 2. The average molecular weight is 431 g/mol. The highest BCUT2D eigenvalue weighted by Crippen LogP contribution is 2.23. The number of benzene rings is 2. The zero-order valence-electron chi connectivity index (χ0n) is 19.2. The van der Waals surface area contributed by atoms with Gasteiger partial charge in [-0.1, -0.05) is 68.3 Å². The Hall–Kier alpha value is -2.98. The van der Waals surface area contributed by atoms with Crippen LogP contribution in [0.2, 0.25) is 0 Å². The molecule has 1 atom stereocenters. The predicted octanol–water partition coefficient (Wildman–Crippen LogP) is 7.30. The van der Waals surface area contributed by atoms with Gasteiger partial charge in [0.2, 0.25) is 0 Å². The summed E-state index contributed by atoms with van der Waals surface area (Å²) in [6, 6.07) is 15.4. The number of phenolic OH excluding ortho intramolecular Hbond substituents is 1. The zero-order chi connectivity index (χ0) is 22.6. The van der Waals surface area contributed by atoms with Crippen LogP contribution in [0.5, 0.6) is 5.75 Å². The second-order valence-corrected chi connectivity index (χ2v) is 8.19. The average Bonchev–Trinajstić information content (AvgIpc) is 2.83. The Morgan fingerprint density at radius 2 is 1.56 bits per heavy atom. The molecule has 4 heteroatoms.